The number of carboxylic acids is 1. The van der Waals surface area contributed by atoms with Crippen LogP contribution in [0.5, 0.6) is 0 Å². The Morgan fingerprint density at radius 2 is 1.42 bits per heavy atom. The lowest BCUT2D eigenvalue weighted by atomic mass is 9.93. The number of aliphatic carboxylic acids is 1. The van der Waals surface area contributed by atoms with E-state index in [9.17, 15) is 18.0 Å². The molecule has 0 aliphatic carbocycles. The van der Waals surface area contributed by atoms with Gasteiger partial charge >= 0.3 is 5.97 Å². The second kappa shape index (κ2) is 7.75. The molecule has 2 saturated heterocycles. The van der Waals surface area contributed by atoms with Crippen LogP contribution in [0.1, 0.15) is 25.7 Å². The lowest BCUT2D eigenvalue weighted by molar-refractivity contribution is -0.147. The number of rotatable bonds is 4. The van der Waals surface area contributed by atoms with Gasteiger partial charge in [-0.3, -0.25) is 9.59 Å². The minimum Gasteiger partial charge on any atom is -0.481 e. The molecule has 0 spiro atoms. The molecule has 0 radical (unpaired) electrons. The predicted octanol–water partition coefficient (Wildman–Crippen LogP) is 1.41. The third-order valence-electron chi connectivity index (χ3n) is 5.34. The lowest BCUT2D eigenvalue weighted by Gasteiger charge is -2.36. The lowest BCUT2D eigenvalue weighted by Crippen LogP contribution is -2.47. The molecule has 2 fully saturated rings. The summed E-state index contributed by atoms with van der Waals surface area (Å²) >= 11 is 0. The molecule has 2 heterocycles. The van der Waals surface area contributed by atoms with Crippen molar-refractivity contribution in [1.29, 1.82) is 0 Å². The molecule has 7 nitrogen and oxygen atoms in total. The van der Waals surface area contributed by atoms with Crippen molar-refractivity contribution in [3.8, 4) is 0 Å². The third kappa shape index (κ3) is 3.91. The number of carboxylic acid groups (broad SMARTS) is 1. The van der Waals surface area contributed by atoms with Gasteiger partial charge in [0.2, 0.25) is 15.9 Å². The average Bonchev–Trinajstić information content (AvgIpc) is 2.68. The van der Waals surface area contributed by atoms with E-state index in [1.807, 2.05) is 0 Å². The summed E-state index contributed by atoms with van der Waals surface area (Å²) in [4.78, 5) is 25.7. The van der Waals surface area contributed by atoms with E-state index >= 15 is 0 Å². The number of sulfonamides is 1. The van der Waals surface area contributed by atoms with Crippen LogP contribution in [-0.2, 0) is 19.6 Å². The van der Waals surface area contributed by atoms with Crippen LogP contribution in [0.25, 0.3) is 0 Å². The minimum atomic E-state index is -3.51. The van der Waals surface area contributed by atoms with Gasteiger partial charge in [0.15, 0.2) is 0 Å². The highest BCUT2D eigenvalue weighted by Gasteiger charge is 2.35. The SMILES string of the molecule is O=C(O)C1CCN(C(=O)C2CCN(S(=O)(=O)c3ccccc3)CC2)CC1. The average molecular weight is 380 g/mol. The highest BCUT2D eigenvalue weighted by molar-refractivity contribution is 7.89. The number of carbonyl (C=O) groups excluding carboxylic acids is 1. The van der Waals surface area contributed by atoms with Crippen LogP contribution < -0.4 is 0 Å². The third-order valence-corrected chi connectivity index (χ3v) is 7.25. The fourth-order valence-corrected chi connectivity index (χ4v) is 5.18. The van der Waals surface area contributed by atoms with Gasteiger partial charge in [0.05, 0.1) is 10.8 Å². The molecular weight excluding hydrogens is 356 g/mol. The molecule has 0 bridgehead atoms. The summed E-state index contributed by atoms with van der Waals surface area (Å²) in [5.74, 6) is -1.31. The maximum Gasteiger partial charge on any atom is 0.306 e. The van der Waals surface area contributed by atoms with Crippen LogP contribution in [0.3, 0.4) is 0 Å². The number of hydrogen-bond donors (Lipinski definition) is 1. The Kier molecular flexibility index (Phi) is 5.62. The van der Waals surface area contributed by atoms with Crippen LogP contribution >= 0.6 is 0 Å². The van der Waals surface area contributed by atoms with E-state index in [0.29, 0.717) is 51.9 Å². The van der Waals surface area contributed by atoms with Crippen LogP contribution in [0.4, 0.5) is 0 Å². The number of nitrogens with zero attached hydrogens (tertiary/aromatic N) is 2. The van der Waals surface area contributed by atoms with E-state index in [-0.39, 0.29) is 22.6 Å². The fourth-order valence-electron chi connectivity index (χ4n) is 3.69. The first kappa shape index (κ1) is 18.8. The first-order chi connectivity index (χ1) is 12.4. The largest absolute Gasteiger partial charge is 0.481 e. The molecule has 1 N–H and O–H groups in total. The van der Waals surface area contributed by atoms with Crippen molar-refractivity contribution in [1.82, 2.24) is 9.21 Å². The van der Waals surface area contributed by atoms with Gasteiger partial charge in [-0.1, -0.05) is 18.2 Å². The topological polar surface area (TPSA) is 95.0 Å². The summed E-state index contributed by atoms with van der Waals surface area (Å²) in [5.41, 5.74) is 0. The van der Waals surface area contributed by atoms with Gasteiger partial charge < -0.3 is 10.0 Å². The molecule has 3 rings (SSSR count). The second-order valence-electron chi connectivity index (χ2n) is 6.93. The quantitative estimate of drug-likeness (QED) is 0.852. The maximum absolute atomic E-state index is 12.7. The highest BCUT2D eigenvalue weighted by atomic mass is 32.2. The van der Waals surface area contributed by atoms with E-state index in [1.54, 1.807) is 35.2 Å². The van der Waals surface area contributed by atoms with Gasteiger partial charge in [0.25, 0.3) is 0 Å². The van der Waals surface area contributed by atoms with E-state index in [1.165, 1.54) is 4.31 Å². The van der Waals surface area contributed by atoms with Crippen molar-refractivity contribution in [2.24, 2.45) is 11.8 Å². The van der Waals surface area contributed by atoms with Crippen molar-refractivity contribution in [2.45, 2.75) is 30.6 Å². The van der Waals surface area contributed by atoms with Crippen LogP contribution in [-0.4, -0.2) is 60.8 Å². The Balaban J connectivity index is 1.55. The number of carbonyl (C=O) groups is 2. The molecule has 0 saturated carbocycles. The molecule has 1 amide bonds. The van der Waals surface area contributed by atoms with Crippen molar-refractivity contribution >= 4 is 21.9 Å². The smallest absolute Gasteiger partial charge is 0.306 e. The van der Waals surface area contributed by atoms with Crippen molar-refractivity contribution in [2.75, 3.05) is 26.2 Å². The zero-order valence-electron chi connectivity index (χ0n) is 14.6. The summed E-state index contributed by atoms with van der Waals surface area (Å²) in [5, 5.41) is 9.05. The first-order valence-electron chi connectivity index (χ1n) is 8.96. The first-order valence-corrected chi connectivity index (χ1v) is 10.4. The summed E-state index contributed by atoms with van der Waals surface area (Å²) in [6.45, 7) is 1.61. The zero-order valence-corrected chi connectivity index (χ0v) is 15.4. The number of benzene rings is 1. The second-order valence-corrected chi connectivity index (χ2v) is 8.87. The molecule has 0 aromatic heterocycles. The summed E-state index contributed by atoms with van der Waals surface area (Å²) in [6, 6.07) is 8.34. The van der Waals surface area contributed by atoms with E-state index in [2.05, 4.69) is 0 Å². The maximum atomic E-state index is 12.7. The minimum absolute atomic E-state index is 0.0330. The Morgan fingerprint density at radius 1 is 0.885 bits per heavy atom. The molecule has 2 aliphatic rings. The molecule has 1 aromatic rings. The van der Waals surface area contributed by atoms with Crippen molar-refractivity contribution in [3.63, 3.8) is 0 Å². The molecule has 0 atom stereocenters. The monoisotopic (exact) mass is 380 g/mol. The van der Waals surface area contributed by atoms with Crippen LogP contribution in [0.2, 0.25) is 0 Å². The van der Waals surface area contributed by atoms with E-state index < -0.39 is 16.0 Å². The Hall–Kier alpha value is -1.93. The summed E-state index contributed by atoms with van der Waals surface area (Å²) < 4.78 is 26.7. The molecule has 26 heavy (non-hydrogen) atoms. The molecule has 2 aliphatic heterocycles. The summed E-state index contributed by atoms with van der Waals surface area (Å²) in [7, 11) is -3.51. The van der Waals surface area contributed by atoms with E-state index in [0.717, 1.165) is 0 Å². The number of likely N-dealkylation sites (tertiary alicyclic amines) is 1. The van der Waals surface area contributed by atoms with Gasteiger partial charge in [0.1, 0.15) is 0 Å². The number of hydrogen-bond acceptors (Lipinski definition) is 4. The predicted molar refractivity (Wildman–Crippen MR) is 94.9 cm³/mol. The van der Waals surface area contributed by atoms with Crippen molar-refractivity contribution < 1.29 is 23.1 Å². The normalized spacial score (nSPS) is 20.8. The fraction of sp³-hybridized carbons (Fsp3) is 0.556. The van der Waals surface area contributed by atoms with Gasteiger partial charge in [-0.05, 0) is 37.8 Å². The molecular formula is C18H24N2O5S. The Morgan fingerprint density at radius 3 is 1.96 bits per heavy atom. The molecule has 142 valence electrons. The molecule has 0 unspecified atom stereocenters. The van der Waals surface area contributed by atoms with Crippen LogP contribution in [0.15, 0.2) is 35.2 Å². The van der Waals surface area contributed by atoms with Crippen molar-refractivity contribution in [3.05, 3.63) is 30.3 Å². The standard InChI is InChI=1S/C18H24N2O5S/c21-17(19-10-6-15(7-11-19)18(22)23)14-8-12-20(13-9-14)26(24,25)16-4-2-1-3-5-16/h1-5,14-15H,6-13H2,(H,22,23). The Bertz CT molecular complexity index is 749. The van der Waals surface area contributed by atoms with E-state index in [4.69, 9.17) is 5.11 Å². The molecule has 1 aromatic carbocycles. The van der Waals surface area contributed by atoms with Gasteiger partial charge in [-0.25, -0.2) is 8.42 Å². The van der Waals surface area contributed by atoms with Gasteiger partial charge in [0, 0.05) is 32.1 Å². The number of amides is 1. The highest BCUT2D eigenvalue weighted by Crippen LogP contribution is 2.27. The Labute approximate surface area is 153 Å². The van der Waals surface area contributed by atoms with Crippen LogP contribution in [0, 0.1) is 11.8 Å². The van der Waals surface area contributed by atoms with Gasteiger partial charge in [-0.2, -0.15) is 4.31 Å². The molecule has 8 heteroatoms. The van der Waals surface area contributed by atoms with Gasteiger partial charge in [-0.15, -0.1) is 0 Å². The number of piperidine rings is 2. The zero-order chi connectivity index (χ0) is 18.7. The summed E-state index contributed by atoms with van der Waals surface area (Å²) in [6.07, 6.45) is 1.98.